The molecule has 4 aromatic heterocycles. The highest BCUT2D eigenvalue weighted by Gasteiger charge is 2.17. The number of fused-ring (bicyclic) bond motifs is 1. The van der Waals surface area contributed by atoms with Gasteiger partial charge in [0.2, 0.25) is 0 Å². The van der Waals surface area contributed by atoms with E-state index in [0.29, 0.717) is 17.8 Å². The van der Waals surface area contributed by atoms with E-state index in [0.717, 1.165) is 35.7 Å². The Morgan fingerprint density at radius 2 is 2.17 bits per heavy atom. The van der Waals surface area contributed by atoms with Crippen LogP contribution in [0.15, 0.2) is 53.6 Å². The molecule has 0 fully saturated rings. The molecule has 0 spiro atoms. The first-order chi connectivity index (χ1) is 14.1. The predicted octanol–water partition coefficient (Wildman–Crippen LogP) is 2.89. The third kappa shape index (κ3) is 3.76. The van der Waals surface area contributed by atoms with Gasteiger partial charge in [0, 0.05) is 23.4 Å². The molecule has 1 N–H and O–H groups in total. The molecular formula is C22H24N5O2+. The highest BCUT2D eigenvalue weighted by atomic mass is 16.5. The Bertz CT molecular complexity index is 1160. The van der Waals surface area contributed by atoms with Gasteiger partial charge in [0.05, 0.1) is 29.7 Å². The Hall–Kier alpha value is -3.48. The maximum absolute atomic E-state index is 12.6. The van der Waals surface area contributed by atoms with Crippen molar-refractivity contribution in [3.63, 3.8) is 0 Å². The van der Waals surface area contributed by atoms with Crippen LogP contribution in [0, 0.1) is 13.8 Å². The van der Waals surface area contributed by atoms with Gasteiger partial charge in [-0.1, -0.05) is 12.1 Å². The first kappa shape index (κ1) is 18.9. The predicted molar refractivity (Wildman–Crippen MR) is 109 cm³/mol. The van der Waals surface area contributed by atoms with E-state index in [4.69, 9.17) is 4.52 Å². The van der Waals surface area contributed by atoms with Crippen LogP contribution < -0.4 is 9.88 Å². The number of aromatic nitrogens is 4. The monoisotopic (exact) mass is 390 g/mol. The van der Waals surface area contributed by atoms with Crippen LogP contribution in [0.4, 0.5) is 0 Å². The summed E-state index contributed by atoms with van der Waals surface area (Å²) in [4.78, 5) is 17.0. The summed E-state index contributed by atoms with van der Waals surface area (Å²) in [6.07, 6.45) is 8.75. The van der Waals surface area contributed by atoms with Crippen molar-refractivity contribution in [1.82, 2.24) is 19.9 Å². The van der Waals surface area contributed by atoms with Gasteiger partial charge >= 0.3 is 0 Å². The van der Waals surface area contributed by atoms with Crippen LogP contribution in [0.25, 0.3) is 16.9 Å². The quantitative estimate of drug-likeness (QED) is 0.514. The Morgan fingerprint density at radius 1 is 1.31 bits per heavy atom. The van der Waals surface area contributed by atoms with Gasteiger partial charge in [0.15, 0.2) is 18.9 Å². The van der Waals surface area contributed by atoms with Crippen molar-refractivity contribution in [3.05, 3.63) is 71.6 Å². The summed E-state index contributed by atoms with van der Waals surface area (Å²) in [5.74, 6) is 0.636. The first-order valence-electron chi connectivity index (χ1n) is 9.73. The van der Waals surface area contributed by atoms with Crippen molar-refractivity contribution in [2.75, 3.05) is 6.54 Å². The van der Waals surface area contributed by atoms with Crippen molar-refractivity contribution in [2.45, 2.75) is 33.7 Å². The van der Waals surface area contributed by atoms with Gasteiger partial charge in [-0.05, 0) is 38.5 Å². The zero-order chi connectivity index (χ0) is 20.4. The van der Waals surface area contributed by atoms with Gasteiger partial charge in [0.25, 0.3) is 5.91 Å². The summed E-state index contributed by atoms with van der Waals surface area (Å²) in [5.41, 5.74) is 5.21. The van der Waals surface area contributed by atoms with Crippen LogP contribution in [0.2, 0.25) is 0 Å². The molecule has 0 radical (unpaired) electrons. The zero-order valence-electron chi connectivity index (χ0n) is 16.8. The van der Waals surface area contributed by atoms with Crippen molar-refractivity contribution < 1.29 is 13.9 Å². The van der Waals surface area contributed by atoms with Gasteiger partial charge in [-0.2, -0.15) is 0 Å². The summed E-state index contributed by atoms with van der Waals surface area (Å²) in [6, 6.07) is 7.73. The summed E-state index contributed by atoms with van der Waals surface area (Å²) < 4.78 is 9.30. The Morgan fingerprint density at radius 3 is 2.93 bits per heavy atom. The van der Waals surface area contributed by atoms with Crippen LogP contribution >= 0.6 is 0 Å². The molecular weight excluding hydrogens is 366 g/mol. The Kier molecular flexibility index (Phi) is 5.12. The van der Waals surface area contributed by atoms with Gasteiger partial charge in [-0.3, -0.25) is 9.20 Å². The molecule has 0 aliphatic carbocycles. The van der Waals surface area contributed by atoms with Gasteiger partial charge in [0.1, 0.15) is 11.4 Å². The van der Waals surface area contributed by atoms with Gasteiger partial charge in [-0.15, -0.1) is 0 Å². The molecule has 0 aliphatic heterocycles. The second-order valence-corrected chi connectivity index (χ2v) is 7.05. The van der Waals surface area contributed by atoms with E-state index in [1.165, 1.54) is 5.56 Å². The van der Waals surface area contributed by atoms with Crippen LogP contribution in [0.5, 0.6) is 0 Å². The van der Waals surface area contributed by atoms with E-state index in [9.17, 15) is 4.79 Å². The molecule has 0 saturated heterocycles. The number of aryl methyl sites for hydroxylation is 3. The minimum absolute atomic E-state index is 0.110. The molecule has 4 rings (SSSR count). The summed E-state index contributed by atoms with van der Waals surface area (Å²) >= 11 is 0. The maximum atomic E-state index is 12.6. The third-order valence-corrected chi connectivity index (χ3v) is 5.05. The fraction of sp³-hybridized carbons (Fsp3) is 0.273. The normalized spacial score (nSPS) is 11.1. The lowest BCUT2D eigenvalue weighted by Gasteiger charge is -2.06. The first-order valence-corrected chi connectivity index (χ1v) is 9.73. The summed E-state index contributed by atoms with van der Waals surface area (Å²) in [5, 5.41) is 6.99. The maximum Gasteiger partial charge on any atom is 0.251 e. The lowest BCUT2D eigenvalue weighted by molar-refractivity contribution is -0.695. The second kappa shape index (κ2) is 7.87. The molecule has 0 bridgehead atoms. The van der Waals surface area contributed by atoms with Crippen molar-refractivity contribution in [1.29, 1.82) is 0 Å². The third-order valence-electron chi connectivity index (χ3n) is 5.05. The van der Waals surface area contributed by atoms with E-state index in [1.807, 2.05) is 36.7 Å². The number of amides is 1. The van der Waals surface area contributed by atoms with Crippen LogP contribution in [0.3, 0.4) is 0 Å². The van der Waals surface area contributed by atoms with Crippen LogP contribution in [-0.4, -0.2) is 27.0 Å². The minimum Gasteiger partial charge on any atom is -0.361 e. The van der Waals surface area contributed by atoms with Crippen molar-refractivity contribution >= 4 is 11.6 Å². The average Bonchev–Trinajstić information content (AvgIpc) is 3.29. The minimum atomic E-state index is -0.110. The molecule has 0 aromatic carbocycles. The molecule has 29 heavy (non-hydrogen) atoms. The van der Waals surface area contributed by atoms with Gasteiger partial charge in [-0.25, -0.2) is 9.55 Å². The zero-order valence-corrected chi connectivity index (χ0v) is 16.8. The van der Waals surface area contributed by atoms with Crippen LogP contribution in [-0.2, 0) is 13.0 Å². The average molecular weight is 390 g/mol. The van der Waals surface area contributed by atoms with E-state index in [2.05, 4.69) is 39.2 Å². The number of rotatable bonds is 6. The number of hydrogen-bond donors (Lipinski definition) is 1. The number of imidazole rings is 1. The number of hydrogen-bond acceptors (Lipinski definition) is 4. The van der Waals surface area contributed by atoms with Gasteiger partial charge < -0.3 is 9.84 Å². The largest absolute Gasteiger partial charge is 0.361 e. The molecule has 7 nitrogen and oxygen atoms in total. The highest BCUT2D eigenvalue weighted by molar-refractivity contribution is 5.95. The number of pyridine rings is 2. The van der Waals surface area contributed by atoms with Crippen molar-refractivity contribution in [2.24, 2.45) is 0 Å². The molecule has 4 heterocycles. The number of carbonyl (C=O) groups excluding carboxylic acids is 1. The molecule has 0 unspecified atom stereocenters. The van der Waals surface area contributed by atoms with Crippen LogP contribution in [0.1, 0.15) is 34.3 Å². The molecule has 7 heteroatoms. The topological polar surface area (TPSA) is 76.3 Å². The number of nitrogens with one attached hydrogen (secondary N) is 1. The lowest BCUT2D eigenvalue weighted by Crippen LogP contribution is -2.40. The Balaban J connectivity index is 1.47. The van der Waals surface area contributed by atoms with E-state index in [-0.39, 0.29) is 5.91 Å². The summed E-state index contributed by atoms with van der Waals surface area (Å²) in [7, 11) is 0. The standard InChI is InChI=1S/C22H23N5O2/c1-4-17-6-5-9-26(14-17)11-8-23-22(28)18-7-10-27-19(13-24-20(27)12-18)21-15(2)25-29-16(21)3/h5-7,9-10,12-14H,4,8,11H2,1-3H3/p+1. The van der Waals surface area contributed by atoms with E-state index < -0.39 is 0 Å². The van der Waals surface area contributed by atoms with E-state index in [1.54, 1.807) is 18.3 Å². The molecule has 148 valence electrons. The SMILES string of the molecule is CCc1ccc[n+](CCNC(=O)c2ccn3c(-c4c(C)noc4C)cnc3c2)c1. The Labute approximate surface area is 169 Å². The fourth-order valence-electron chi connectivity index (χ4n) is 3.48. The lowest BCUT2D eigenvalue weighted by atomic mass is 10.1. The summed E-state index contributed by atoms with van der Waals surface area (Å²) in [6.45, 7) is 7.19. The molecule has 0 saturated carbocycles. The van der Waals surface area contributed by atoms with Crippen molar-refractivity contribution in [3.8, 4) is 11.3 Å². The molecule has 0 aliphatic rings. The second-order valence-electron chi connectivity index (χ2n) is 7.05. The number of nitrogens with zero attached hydrogens (tertiary/aromatic N) is 4. The molecule has 0 atom stereocenters. The number of carbonyl (C=O) groups is 1. The van der Waals surface area contributed by atoms with E-state index >= 15 is 0 Å². The highest BCUT2D eigenvalue weighted by Crippen LogP contribution is 2.27. The fourth-order valence-corrected chi connectivity index (χ4v) is 3.48. The molecule has 1 amide bonds. The molecule has 4 aromatic rings. The smallest absolute Gasteiger partial charge is 0.251 e.